The van der Waals surface area contributed by atoms with Crippen LogP contribution in [0.1, 0.15) is 74.1 Å². The molecule has 2 aliphatic rings. The smallest absolute Gasteiger partial charge is 0.338 e. The molecule has 0 bridgehead atoms. The number of carbonyl (C=O) groups excluding carboxylic acids is 2. The Labute approximate surface area is 202 Å². The lowest BCUT2D eigenvalue weighted by Crippen LogP contribution is -2.53. The fourth-order valence-corrected chi connectivity index (χ4v) is 6.76. The number of fused-ring (bicyclic) bond motifs is 1. The van der Waals surface area contributed by atoms with E-state index < -0.39 is 5.41 Å². The molecule has 182 valence electrons. The highest BCUT2D eigenvalue weighted by atomic mass is 16.5. The number of methoxy groups -OCH3 is 1. The zero-order valence-electron chi connectivity index (χ0n) is 20.6. The van der Waals surface area contributed by atoms with Crippen LogP contribution in [-0.2, 0) is 27.3 Å². The number of ether oxygens (including phenoxy) is 2. The van der Waals surface area contributed by atoms with Crippen LogP contribution in [0.15, 0.2) is 59.2 Å². The molecule has 4 atom stereocenters. The summed E-state index contributed by atoms with van der Waals surface area (Å²) < 4.78 is 16.4. The Balaban J connectivity index is 1.45. The number of carbonyl (C=O) groups is 2. The van der Waals surface area contributed by atoms with Crippen LogP contribution >= 0.6 is 0 Å². The average Bonchev–Trinajstić information content (AvgIpc) is 3.29. The molecule has 1 aromatic heterocycles. The van der Waals surface area contributed by atoms with E-state index in [1.54, 1.807) is 18.4 Å². The molecule has 0 spiro atoms. The molecule has 0 unspecified atom stereocenters. The lowest BCUT2D eigenvalue weighted by Gasteiger charge is -2.57. The summed E-state index contributed by atoms with van der Waals surface area (Å²) in [6.45, 7) is 9.01. The van der Waals surface area contributed by atoms with Crippen molar-refractivity contribution in [3.05, 3.63) is 71.7 Å². The molecule has 0 radical (unpaired) electrons. The van der Waals surface area contributed by atoms with Crippen molar-refractivity contribution < 1.29 is 23.5 Å². The second-order valence-corrected chi connectivity index (χ2v) is 10.4. The van der Waals surface area contributed by atoms with E-state index in [1.807, 2.05) is 24.3 Å². The number of hydrogen-bond donors (Lipinski definition) is 0. The largest absolute Gasteiger partial charge is 0.469 e. The van der Waals surface area contributed by atoms with Gasteiger partial charge < -0.3 is 13.9 Å². The molecular formula is C29H36O5. The van der Waals surface area contributed by atoms with E-state index in [9.17, 15) is 9.59 Å². The molecule has 2 saturated carbocycles. The molecule has 34 heavy (non-hydrogen) atoms. The second-order valence-electron chi connectivity index (χ2n) is 10.4. The molecule has 2 fully saturated rings. The van der Waals surface area contributed by atoms with Gasteiger partial charge in [0, 0.05) is 0 Å². The highest BCUT2D eigenvalue weighted by Gasteiger charge is 2.57. The Hall–Kier alpha value is -2.82. The summed E-state index contributed by atoms with van der Waals surface area (Å²) in [7, 11) is 1.50. The molecule has 1 aromatic carbocycles. The van der Waals surface area contributed by atoms with E-state index in [0.717, 1.165) is 50.5 Å². The third kappa shape index (κ3) is 4.45. The predicted octanol–water partition coefficient (Wildman–Crippen LogP) is 6.52. The third-order valence-electron chi connectivity index (χ3n) is 8.56. The van der Waals surface area contributed by atoms with Crippen LogP contribution < -0.4 is 0 Å². The fourth-order valence-electron chi connectivity index (χ4n) is 6.76. The van der Waals surface area contributed by atoms with Crippen LogP contribution in [-0.4, -0.2) is 19.0 Å². The first kappa shape index (κ1) is 24.3. The SMILES string of the molecule is C=C1CC[C@H]2[C@@](C)(CCC[C@]2(C)C(=O)OC)[C@H]1CCc1ccoc1COC(=O)c1ccccc1. The van der Waals surface area contributed by atoms with Crippen molar-refractivity contribution in [2.24, 2.45) is 22.7 Å². The summed E-state index contributed by atoms with van der Waals surface area (Å²) in [4.78, 5) is 25.1. The van der Waals surface area contributed by atoms with Crippen molar-refractivity contribution in [1.29, 1.82) is 0 Å². The van der Waals surface area contributed by atoms with Gasteiger partial charge in [0.05, 0.1) is 24.4 Å². The Morgan fingerprint density at radius 2 is 1.91 bits per heavy atom. The maximum Gasteiger partial charge on any atom is 0.338 e. The number of rotatable bonds is 7. The zero-order chi connectivity index (χ0) is 24.3. The van der Waals surface area contributed by atoms with Gasteiger partial charge in [-0.15, -0.1) is 0 Å². The zero-order valence-corrected chi connectivity index (χ0v) is 20.6. The lowest BCUT2D eigenvalue weighted by atomic mass is 9.46. The Morgan fingerprint density at radius 1 is 1.15 bits per heavy atom. The Bertz CT molecular complexity index is 1040. The van der Waals surface area contributed by atoms with E-state index in [4.69, 9.17) is 13.9 Å². The van der Waals surface area contributed by atoms with E-state index in [-0.39, 0.29) is 29.9 Å². The molecule has 0 saturated heterocycles. The topological polar surface area (TPSA) is 65.7 Å². The standard InChI is InChI=1S/C29H36O5/c1-20-11-14-25-28(2,16-8-17-29(25,3)27(31)32-4)23(20)13-12-21-15-18-33-24(21)19-34-26(30)22-9-6-5-7-10-22/h5-7,9-10,15,18,23,25H,1,8,11-14,16-17,19H2,2-4H3/t23-,25-,28-,29-/m0/s1. The monoisotopic (exact) mass is 464 g/mol. The number of allylic oxidation sites excluding steroid dienone is 1. The van der Waals surface area contributed by atoms with E-state index in [0.29, 0.717) is 17.2 Å². The number of esters is 2. The summed E-state index contributed by atoms with van der Waals surface area (Å²) in [5.74, 6) is 0.864. The molecule has 2 aliphatic carbocycles. The van der Waals surface area contributed by atoms with Crippen molar-refractivity contribution in [2.75, 3.05) is 7.11 Å². The molecule has 2 aromatic rings. The average molecular weight is 465 g/mol. The van der Waals surface area contributed by atoms with Crippen molar-refractivity contribution in [3.63, 3.8) is 0 Å². The van der Waals surface area contributed by atoms with Gasteiger partial charge in [-0.1, -0.05) is 43.7 Å². The van der Waals surface area contributed by atoms with Gasteiger partial charge in [-0.05, 0) is 86.5 Å². The highest BCUT2D eigenvalue weighted by Crippen LogP contribution is 2.62. The molecule has 4 rings (SSSR count). The summed E-state index contributed by atoms with van der Waals surface area (Å²) in [6.07, 6.45) is 8.36. The van der Waals surface area contributed by atoms with Crippen LogP contribution in [0, 0.1) is 22.7 Å². The van der Waals surface area contributed by atoms with Crippen LogP contribution in [0.25, 0.3) is 0 Å². The molecule has 0 N–H and O–H groups in total. The maximum atomic E-state index is 12.8. The van der Waals surface area contributed by atoms with Gasteiger partial charge in [0.25, 0.3) is 0 Å². The van der Waals surface area contributed by atoms with Crippen LogP contribution in [0.3, 0.4) is 0 Å². The number of aryl methyl sites for hydroxylation is 1. The summed E-state index contributed by atoms with van der Waals surface area (Å²) >= 11 is 0. The van der Waals surface area contributed by atoms with E-state index in [2.05, 4.69) is 20.4 Å². The van der Waals surface area contributed by atoms with Gasteiger partial charge in [-0.3, -0.25) is 4.79 Å². The van der Waals surface area contributed by atoms with E-state index >= 15 is 0 Å². The van der Waals surface area contributed by atoms with E-state index in [1.165, 1.54) is 12.7 Å². The molecule has 1 heterocycles. The number of furan rings is 1. The predicted molar refractivity (Wildman–Crippen MR) is 130 cm³/mol. The fraction of sp³-hybridized carbons (Fsp3) is 0.517. The first-order chi connectivity index (χ1) is 16.3. The van der Waals surface area contributed by atoms with Gasteiger partial charge in [0.15, 0.2) is 0 Å². The van der Waals surface area contributed by atoms with Crippen molar-refractivity contribution in [3.8, 4) is 0 Å². The van der Waals surface area contributed by atoms with Gasteiger partial charge in [-0.25, -0.2) is 4.79 Å². The van der Waals surface area contributed by atoms with Crippen LogP contribution in [0.5, 0.6) is 0 Å². The molecule has 0 aliphatic heterocycles. The summed E-state index contributed by atoms with van der Waals surface area (Å²) in [6, 6.07) is 10.9. The minimum Gasteiger partial charge on any atom is -0.469 e. The van der Waals surface area contributed by atoms with Gasteiger partial charge in [0.1, 0.15) is 12.4 Å². The van der Waals surface area contributed by atoms with Crippen LogP contribution in [0.2, 0.25) is 0 Å². The highest BCUT2D eigenvalue weighted by molar-refractivity contribution is 5.89. The maximum absolute atomic E-state index is 12.8. The Kier molecular flexibility index (Phi) is 7.01. The number of benzene rings is 1. The summed E-state index contributed by atoms with van der Waals surface area (Å²) in [5, 5.41) is 0. The van der Waals surface area contributed by atoms with Crippen molar-refractivity contribution >= 4 is 11.9 Å². The minimum atomic E-state index is -0.437. The molecule has 5 heteroatoms. The first-order valence-corrected chi connectivity index (χ1v) is 12.3. The summed E-state index contributed by atoms with van der Waals surface area (Å²) in [5.41, 5.74) is 2.45. The molecule has 0 amide bonds. The molecular weight excluding hydrogens is 428 g/mol. The second kappa shape index (κ2) is 9.81. The van der Waals surface area contributed by atoms with Crippen LogP contribution in [0.4, 0.5) is 0 Å². The number of hydrogen-bond acceptors (Lipinski definition) is 5. The lowest BCUT2D eigenvalue weighted by molar-refractivity contribution is -0.168. The first-order valence-electron chi connectivity index (χ1n) is 12.3. The van der Waals surface area contributed by atoms with Crippen molar-refractivity contribution in [1.82, 2.24) is 0 Å². The molecule has 5 nitrogen and oxygen atoms in total. The third-order valence-corrected chi connectivity index (χ3v) is 8.56. The van der Waals surface area contributed by atoms with Gasteiger partial charge in [0.2, 0.25) is 0 Å². The van der Waals surface area contributed by atoms with Crippen molar-refractivity contribution in [2.45, 2.75) is 65.4 Å². The quantitative estimate of drug-likeness (QED) is 0.345. The van der Waals surface area contributed by atoms with Gasteiger partial charge >= 0.3 is 11.9 Å². The minimum absolute atomic E-state index is 0.0141. The normalized spacial score (nSPS) is 28.7. The van der Waals surface area contributed by atoms with Gasteiger partial charge in [-0.2, -0.15) is 0 Å². The Morgan fingerprint density at radius 3 is 2.65 bits per heavy atom.